The number of nitrogens with one attached hydrogen (secondary N) is 1. The van der Waals surface area contributed by atoms with E-state index in [9.17, 15) is 4.79 Å². The summed E-state index contributed by atoms with van der Waals surface area (Å²) < 4.78 is 0. The van der Waals surface area contributed by atoms with Crippen LogP contribution in [0.4, 0.5) is 5.82 Å². The van der Waals surface area contributed by atoms with E-state index in [1.807, 2.05) is 4.90 Å². The van der Waals surface area contributed by atoms with Crippen molar-refractivity contribution in [2.45, 2.75) is 25.8 Å². The number of aromatic nitrogens is 2. The quantitative estimate of drug-likeness (QED) is 0.895. The fourth-order valence-corrected chi connectivity index (χ4v) is 3.72. The van der Waals surface area contributed by atoms with Gasteiger partial charge in [0.05, 0.1) is 12.4 Å². The van der Waals surface area contributed by atoms with Gasteiger partial charge < -0.3 is 10.2 Å². The van der Waals surface area contributed by atoms with E-state index in [0.29, 0.717) is 11.5 Å². The van der Waals surface area contributed by atoms with Crippen LogP contribution in [0.5, 0.6) is 0 Å². The highest BCUT2D eigenvalue weighted by atomic mass is 16.2. The SMILES string of the molecule is O=C(c1cncc(NCCN2CCc3ccccc3C2)n1)N1CCCC1. The predicted molar refractivity (Wildman–Crippen MR) is 101 cm³/mol. The zero-order valence-electron chi connectivity index (χ0n) is 15.0. The van der Waals surface area contributed by atoms with Crippen molar-refractivity contribution in [3.05, 3.63) is 53.5 Å². The summed E-state index contributed by atoms with van der Waals surface area (Å²) in [5, 5.41) is 3.32. The summed E-state index contributed by atoms with van der Waals surface area (Å²) >= 11 is 0. The van der Waals surface area contributed by atoms with E-state index < -0.39 is 0 Å². The predicted octanol–water partition coefficient (Wildman–Crippen LogP) is 2.18. The van der Waals surface area contributed by atoms with Gasteiger partial charge in [0.25, 0.3) is 5.91 Å². The lowest BCUT2D eigenvalue weighted by atomic mass is 10.00. The number of amides is 1. The van der Waals surface area contributed by atoms with Crippen LogP contribution in [0.1, 0.15) is 34.5 Å². The van der Waals surface area contributed by atoms with Crippen molar-refractivity contribution in [1.82, 2.24) is 19.8 Å². The Bertz CT molecular complexity index is 772. The molecule has 1 aromatic carbocycles. The lowest BCUT2D eigenvalue weighted by Gasteiger charge is -2.28. The minimum absolute atomic E-state index is 0.00807. The number of likely N-dealkylation sites (tertiary alicyclic amines) is 1. The summed E-state index contributed by atoms with van der Waals surface area (Å²) in [7, 11) is 0. The second kappa shape index (κ2) is 7.83. The first-order chi connectivity index (χ1) is 12.8. The highest BCUT2D eigenvalue weighted by Crippen LogP contribution is 2.18. The Morgan fingerprint density at radius 1 is 1.08 bits per heavy atom. The lowest BCUT2D eigenvalue weighted by Crippen LogP contribution is -2.34. The van der Waals surface area contributed by atoms with E-state index >= 15 is 0 Å². The number of anilines is 1. The smallest absolute Gasteiger partial charge is 0.274 e. The first-order valence-corrected chi connectivity index (χ1v) is 9.44. The van der Waals surface area contributed by atoms with Gasteiger partial charge in [-0.2, -0.15) is 0 Å². The van der Waals surface area contributed by atoms with E-state index in [2.05, 4.69) is 44.5 Å². The molecule has 0 unspecified atom stereocenters. The number of rotatable bonds is 5. The third-order valence-electron chi connectivity index (χ3n) is 5.19. The van der Waals surface area contributed by atoms with Gasteiger partial charge in [0.1, 0.15) is 11.5 Å². The van der Waals surface area contributed by atoms with Gasteiger partial charge in [0.15, 0.2) is 0 Å². The number of benzene rings is 1. The zero-order chi connectivity index (χ0) is 17.8. The molecule has 136 valence electrons. The summed E-state index contributed by atoms with van der Waals surface area (Å²) in [6, 6.07) is 8.67. The summed E-state index contributed by atoms with van der Waals surface area (Å²) in [4.78, 5) is 25.4. The number of nitrogens with zero attached hydrogens (tertiary/aromatic N) is 4. The van der Waals surface area contributed by atoms with Gasteiger partial charge >= 0.3 is 0 Å². The van der Waals surface area contributed by atoms with E-state index in [4.69, 9.17) is 0 Å². The second-order valence-corrected chi connectivity index (χ2v) is 7.01. The summed E-state index contributed by atoms with van der Waals surface area (Å²) in [5.74, 6) is 0.666. The van der Waals surface area contributed by atoms with Crippen LogP contribution < -0.4 is 5.32 Å². The van der Waals surface area contributed by atoms with Crippen molar-refractivity contribution in [3.8, 4) is 0 Å². The van der Waals surface area contributed by atoms with Gasteiger partial charge in [0, 0.05) is 39.3 Å². The molecule has 26 heavy (non-hydrogen) atoms. The topological polar surface area (TPSA) is 61.4 Å². The van der Waals surface area contributed by atoms with E-state index in [0.717, 1.165) is 58.5 Å². The number of hydrogen-bond donors (Lipinski definition) is 1. The normalized spacial score (nSPS) is 17.2. The molecule has 1 aromatic heterocycles. The maximum absolute atomic E-state index is 12.4. The fraction of sp³-hybridized carbons (Fsp3) is 0.450. The molecule has 2 aliphatic rings. The largest absolute Gasteiger partial charge is 0.367 e. The third kappa shape index (κ3) is 3.85. The monoisotopic (exact) mass is 351 g/mol. The zero-order valence-corrected chi connectivity index (χ0v) is 15.0. The number of hydrogen-bond acceptors (Lipinski definition) is 5. The molecule has 6 nitrogen and oxygen atoms in total. The number of carbonyl (C=O) groups is 1. The van der Waals surface area contributed by atoms with Gasteiger partial charge in [0.2, 0.25) is 0 Å². The molecule has 4 rings (SSSR count). The summed E-state index contributed by atoms with van der Waals surface area (Å²) in [6.07, 6.45) is 6.52. The average Bonchev–Trinajstić information content (AvgIpc) is 3.22. The Kier molecular flexibility index (Phi) is 5.11. The Balaban J connectivity index is 1.30. The van der Waals surface area contributed by atoms with Crippen molar-refractivity contribution < 1.29 is 4.79 Å². The molecule has 0 atom stereocenters. The second-order valence-electron chi connectivity index (χ2n) is 7.01. The Morgan fingerprint density at radius 2 is 1.88 bits per heavy atom. The van der Waals surface area contributed by atoms with Crippen molar-refractivity contribution in [1.29, 1.82) is 0 Å². The van der Waals surface area contributed by atoms with E-state index in [-0.39, 0.29) is 5.91 Å². The maximum atomic E-state index is 12.4. The highest BCUT2D eigenvalue weighted by molar-refractivity contribution is 5.92. The van der Waals surface area contributed by atoms with Crippen LogP contribution in [-0.2, 0) is 13.0 Å². The van der Waals surface area contributed by atoms with Crippen molar-refractivity contribution in [2.24, 2.45) is 0 Å². The van der Waals surface area contributed by atoms with Crippen LogP contribution in [0.2, 0.25) is 0 Å². The molecule has 1 saturated heterocycles. The summed E-state index contributed by atoms with van der Waals surface area (Å²) in [5.41, 5.74) is 3.33. The van der Waals surface area contributed by atoms with Crippen LogP contribution in [0, 0.1) is 0 Å². The van der Waals surface area contributed by atoms with Crippen molar-refractivity contribution in [2.75, 3.05) is 38.0 Å². The average molecular weight is 351 g/mol. The molecule has 1 N–H and O–H groups in total. The molecule has 0 spiro atoms. The van der Waals surface area contributed by atoms with Crippen LogP contribution in [0.15, 0.2) is 36.7 Å². The molecule has 6 heteroatoms. The van der Waals surface area contributed by atoms with Gasteiger partial charge in [-0.25, -0.2) is 4.98 Å². The Hall–Kier alpha value is -2.47. The molecule has 2 aromatic rings. The van der Waals surface area contributed by atoms with Crippen LogP contribution in [-0.4, -0.2) is 58.4 Å². The molecule has 0 saturated carbocycles. The summed E-state index contributed by atoms with van der Waals surface area (Å²) in [6.45, 7) is 5.47. The molecule has 0 aliphatic carbocycles. The van der Waals surface area contributed by atoms with E-state index in [1.54, 1.807) is 12.4 Å². The van der Waals surface area contributed by atoms with Crippen molar-refractivity contribution >= 4 is 11.7 Å². The highest BCUT2D eigenvalue weighted by Gasteiger charge is 2.21. The van der Waals surface area contributed by atoms with E-state index in [1.165, 1.54) is 11.1 Å². The molecule has 0 bridgehead atoms. The molecule has 1 amide bonds. The Labute approximate surface area is 154 Å². The van der Waals surface area contributed by atoms with Crippen molar-refractivity contribution in [3.63, 3.8) is 0 Å². The van der Waals surface area contributed by atoms with Crippen LogP contribution in [0.3, 0.4) is 0 Å². The van der Waals surface area contributed by atoms with Gasteiger partial charge in [-0.05, 0) is 30.4 Å². The minimum atomic E-state index is -0.00807. The van der Waals surface area contributed by atoms with Gasteiger partial charge in [-0.1, -0.05) is 24.3 Å². The molecule has 3 heterocycles. The molecule has 2 aliphatic heterocycles. The lowest BCUT2D eigenvalue weighted by molar-refractivity contribution is 0.0786. The minimum Gasteiger partial charge on any atom is -0.367 e. The molecular formula is C20H25N5O. The van der Waals surface area contributed by atoms with Crippen LogP contribution >= 0.6 is 0 Å². The fourth-order valence-electron chi connectivity index (χ4n) is 3.72. The number of fused-ring (bicyclic) bond motifs is 1. The van der Waals surface area contributed by atoms with Gasteiger partial charge in [-0.15, -0.1) is 0 Å². The molecular weight excluding hydrogens is 326 g/mol. The molecule has 0 radical (unpaired) electrons. The molecule has 1 fully saturated rings. The van der Waals surface area contributed by atoms with Gasteiger partial charge in [-0.3, -0.25) is 14.7 Å². The number of carbonyl (C=O) groups excluding carboxylic acids is 1. The van der Waals surface area contributed by atoms with Crippen LogP contribution in [0.25, 0.3) is 0 Å². The standard InChI is InChI=1S/C20H25N5O/c26-20(25-9-3-4-10-25)18-13-21-14-19(23-18)22-8-12-24-11-7-16-5-1-2-6-17(16)15-24/h1-2,5-6,13-14H,3-4,7-12,15H2,(H,22,23). The first-order valence-electron chi connectivity index (χ1n) is 9.44. The third-order valence-corrected chi connectivity index (χ3v) is 5.19. The first kappa shape index (κ1) is 17.0. The maximum Gasteiger partial charge on any atom is 0.274 e. The Morgan fingerprint density at radius 3 is 2.73 bits per heavy atom.